The van der Waals surface area contributed by atoms with Crippen LogP contribution in [0.5, 0.6) is 0 Å². The molecule has 2 aliphatic rings. The third kappa shape index (κ3) is 4.25. The van der Waals surface area contributed by atoms with Crippen LogP contribution in [0.1, 0.15) is 39.0 Å². The Hall–Kier alpha value is -0.610. The summed E-state index contributed by atoms with van der Waals surface area (Å²) in [6, 6.07) is 0.0622. The highest BCUT2D eigenvalue weighted by molar-refractivity contribution is 5.81. The summed E-state index contributed by atoms with van der Waals surface area (Å²) in [4.78, 5) is 14.4. The first-order valence-corrected chi connectivity index (χ1v) is 7.49. The van der Waals surface area contributed by atoms with Crippen LogP contribution in [-0.2, 0) is 4.79 Å². The number of hydrogen-bond donors (Lipinski definition) is 2. The highest BCUT2D eigenvalue weighted by Gasteiger charge is 2.22. The molecule has 0 spiro atoms. The van der Waals surface area contributed by atoms with E-state index < -0.39 is 0 Å². The van der Waals surface area contributed by atoms with Crippen molar-refractivity contribution in [3.63, 3.8) is 0 Å². The number of piperidine rings is 1. The highest BCUT2D eigenvalue weighted by Crippen LogP contribution is 2.11. The molecule has 1 amide bonds. The molecule has 2 heterocycles. The zero-order valence-corrected chi connectivity index (χ0v) is 11.6. The number of nitrogens with one attached hydrogen (secondary N) is 2. The lowest BCUT2D eigenvalue weighted by Crippen LogP contribution is -2.43. The van der Waals surface area contributed by atoms with Crippen LogP contribution >= 0.6 is 0 Å². The summed E-state index contributed by atoms with van der Waals surface area (Å²) in [5, 5.41) is 6.32. The summed E-state index contributed by atoms with van der Waals surface area (Å²) in [5.74, 6) is 0.742. The minimum absolute atomic E-state index is 0.0622. The molecule has 2 aliphatic heterocycles. The molecule has 0 aromatic heterocycles. The lowest BCUT2D eigenvalue weighted by Gasteiger charge is -2.29. The molecule has 2 fully saturated rings. The number of likely N-dealkylation sites (tertiary alicyclic amines) is 1. The molecule has 0 aromatic carbocycles. The van der Waals surface area contributed by atoms with Crippen LogP contribution in [0.25, 0.3) is 0 Å². The van der Waals surface area contributed by atoms with Crippen LogP contribution in [0, 0.1) is 5.92 Å². The van der Waals surface area contributed by atoms with E-state index in [0.717, 1.165) is 32.5 Å². The first kappa shape index (κ1) is 13.8. The van der Waals surface area contributed by atoms with Crippen molar-refractivity contribution in [1.29, 1.82) is 0 Å². The SMILES string of the molecule is CC(CNC(=O)C1CCCN1)CN1CCCCC1. The van der Waals surface area contributed by atoms with Gasteiger partial charge in [-0.3, -0.25) is 4.79 Å². The molecule has 4 nitrogen and oxygen atoms in total. The van der Waals surface area contributed by atoms with Crippen molar-refractivity contribution in [1.82, 2.24) is 15.5 Å². The third-order valence-corrected chi connectivity index (χ3v) is 4.02. The maximum absolute atomic E-state index is 11.9. The number of rotatable bonds is 5. The van der Waals surface area contributed by atoms with Gasteiger partial charge in [-0.05, 0) is 51.2 Å². The van der Waals surface area contributed by atoms with Crippen LogP contribution in [-0.4, -0.2) is 49.6 Å². The molecule has 0 bridgehead atoms. The Morgan fingerprint density at radius 3 is 2.78 bits per heavy atom. The van der Waals surface area contributed by atoms with Gasteiger partial charge in [0, 0.05) is 13.1 Å². The number of hydrogen-bond acceptors (Lipinski definition) is 3. The van der Waals surface area contributed by atoms with E-state index in [2.05, 4.69) is 22.5 Å². The van der Waals surface area contributed by atoms with E-state index in [-0.39, 0.29) is 11.9 Å². The Morgan fingerprint density at radius 2 is 2.11 bits per heavy atom. The van der Waals surface area contributed by atoms with Gasteiger partial charge < -0.3 is 15.5 Å². The van der Waals surface area contributed by atoms with Gasteiger partial charge >= 0.3 is 0 Å². The minimum Gasteiger partial charge on any atom is -0.354 e. The molecule has 0 aliphatic carbocycles. The zero-order valence-electron chi connectivity index (χ0n) is 11.6. The molecule has 2 saturated heterocycles. The summed E-state index contributed by atoms with van der Waals surface area (Å²) in [7, 11) is 0. The van der Waals surface area contributed by atoms with Gasteiger partial charge in [0.1, 0.15) is 0 Å². The lowest BCUT2D eigenvalue weighted by molar-refractivity contribution is -0.122. The molecular weight excluding hydrogens is 226 g/mol. The first-order chi connectivity index (χ1) is 8.75. The maximum atomic E-state index is 11.9. The van der Waals surface area contributed by atoms with Gasteiger partial charge in [0.2, 0.25) is 5.91 Å². The van der Waals surface area contributed by atoms with E-state index >= 15 is 0 Å². The van der Waals surface area contributed by atoms with Crippen molar-refractivity contribution < 1.29 is 4.79 Å². The topological polar surface area (TPSA) is 44.4 Å². The van der Waals surface area contributed by atoms with E-state index in [9.17, 15) is 4.79 Å². The van der Waals surface area contributed by atoms with Crippen molar-refractivity contribution in [2.75, 3.05) is 32.7 Å². The lowest BCUT2D eigenvalue weighted by atomic mass is 10.1. The van der Waals surface area contributed by atoms with Crippen LogP contribution in [0.2, 0.25) is 0 Å². The molecule has 0 radical (unpaired) electrons. The number of carbonyl (C=O) groups is 1. The maximum Gasteiger partial charge on any atom is 0.237 e. The summed E-state index contributed by atoms with van der Waals surface area (Å²) in [6.45, 7) is 7.63. The van der Waals surface area contributed by atoms with Crippen molar-refractivity contribution in [3.8, 4) is 0 Å². The molecule has 0 aromatic rings. The summed E-state index contributed by atoms with van der Waals surface area (Å²) < 4.78 is 0. The second-order valence-electron chi connectivity index (χ2n) is 5.86. The molecule has 2 rings (SSSR count). The summed E-state index contributed by atoms with van der Waals surface area (Å²) in [5.41, 5.74) is 0. The van der Waals surface area contributed by atoms with E-state index in [4.69, 9.17) is 0 Å². The standard InChI is InChI=1S/C14H27N3O/c1-12(11-17-8-3-2-4-9-17)10-16-14(18)13-6-5-7-15-13/h12-13,15H,2-11H2,1H3,(H,16,18). The fourth-order valence-corrected chi connectivity index (χ4v) is 2.95. The fraction of sp³-hybridized carbons (Fsp3) is 0.929. The van der Waals surface area contributed by atoms with Gasteiger partial charge in [-0.1, -0.05) is 13.3 Å². The first-order valence-electron chi connectivity index (χ1n) is 7.49. The van der Waals surface area contributed by atoms with Gasteiger partial charge in [0.15, 0.2) is 0 Å². The second-order valence-corrected chi connectivity index (χ2v) is 5.86. The average Bonchev–Trinajstić information content (AvgIpc) is 2.91. The monoisotopic (exact) mass is 253 g/mol. The summed E-state index contributed by atoms with van der Waals surface area (Å²) >= 11 is 0. The molecule has 4 heteroatoms. The third-order valence-electron chi connectivity index (χ3n) is 4.02. The van der Waals surface area contributed by atoms with Gasteiger partial charge in [-0.2, -0.15) is 0 Å². The molecule has 2 N–H and O–H groups in total. The molecule has 104 valence electrons. The van der Waals surface area contributed by atoms with Gasteiger partial charge in [0.05, 0.1) is 6.04 Å². The second kappa shape index (κ2) is 7.10. The van der Waals surface area contributed by atoms with Crippen LogP contribution in [0.3, 0.4) is 0 Å². The van der Waals surface area contributed by atoms with Crippen LogP contribution < -0.4 is 10.6 Å². The Balaban J connectivity index is 1.61. The minimum atomic E-state index is 0.0622. The van der Waals surface area contributed by atoms with Crippen molar-refractivity contribution in [3.05, 3.63) is 0 Å². The fourth-order valence-electron chi connectivity index (χ4n) is 2.95. The van der Waals surface area contributed by atoms with Crippen molar-refractivity contribution in [2.24, 2.45) is 5.92 Å². The van der Waals surface area contributed by atoms with Crippen molar-refractivity contribution in [2.45, 2.75) is 45.1 Å². The van der Waals surface area contributed by atoms with E-state index in [1.807, 2.05) is 0 Å². The Bertz CT molecular complexity index is 258. The number of amides is 1. The van der Waals surface area contributed by atoms with Crippen LogP contribution in [0.15, 0.2) is 0 Å². The molecular formula is C14H27N3O. The predicted octanol–water partition coefficient (Wildman–Crippen LogP) is 0.977. The van der Waals surface area contributed by atoms with E-state index in [1.165, 1.54) is 32.4 Å². The zero-order chi connectivity index (χ0) is 12.8. The van der Waals surface area contributed by atoms with Gasteiger partial charge in [-0.25, -0.2) is 0 Å². The Morgan fingerprint density at radius 1 is 1.33 bits per heavy atom. The number of carbonyl (C=O) groups excluding carboxylic acids is 1. The Labute approximate surface area is 110 Å². The number of nitrogens with zero attached hydrogens (tertiary/aromatic N) is 1. The van der Waals surface area contributed by atoms with Gasteiger partial charge in [-0.15, -0.1) is 0 Å². The molecule has 18 heavy (non-hydrogen) atoms. The average molecular weight is 253 g/mol. The van der Waals surface area contributed by atoms with Crippen molar-refractivity contribution >= 4 is 5.91 Å². The molecule has 0 saturated carbocycles. The van der Waals surface area contributed by atoms with Gasteiger partial charge in [0.25, 0.3) is 0 Å². The smallest absolute Gasteiger partial charge is 0.237 e. The molecule has 2 atom stereocenters. The van der Waals surface area contributed by atoms with Crippen LogP contribution in [0.4, 0.5) is 0 Å². The molecule has 2 unspecified atom stereocenters. The summed E-state index contributed by atoms with van der Waals surface area (Å²) in [6.07, 6.45) is 6.18. The normalized spacial score (nSPS) is 27.1. The largest absolute Gasteiger partial charge is 0.354 e. The highest BCUT2D eigenvalue weighted by atomic mass is 16.2. The quantitative estimate of drug-likeness (QED) is 0.767. The Kier molecular flexibility index (Phi) is 5.45. The predicted molar refractivity (Wildman–Crippen MR) is 73.5 cm³/mol. The van der Waals surface area contributed by atoms with E-state index in [1.54, 1.807) is 0 Å². The van der Waals surface area contributed by atoms with E-state index in [0.29, 0.717) is 5.92 Å².